The maximum atomic E-state index is 12.6. The van der Waals surface area contributed by atoms with Gasteiger partial charge < -0.3 is 15.0 Å². The average molecular weight is 328 g/mol. The van der Waals surface area contributed by atoms with Crippen LogP contribution in [0.5, 0.6) is 0 Å². The number of urea groups is 1. The number of nitrogens with zero attached hydrogens (tertiary/aromatic N) is 1. The van der Waals surface area contributed by atoms with Crippen LogP contribution in [0.2, 0.25) is 0 Å². The van der Waals surface area contributed by atoms with Crippen molar-refractivity contribution < 1.29 is 9.53 Å². The Labute approximate surface area is 144 Å². The van der Waals surface area contributed by atoms with Gasteiger partial charge in [0, 0.05) is 18.8 Å². The fourth-order valence-electron chi connectivity index (χ4n) is 3.32. The van der Waals surface area contributed by atoms with Crippen LogP contribution in [0, 0.1) is 0 Å². The molecule has 2 aliphatic rings. The Hall–Kier alpha value is -1.81. The fraction of sp³-hybridized carbons (Fsp3) is 0.550. The number of carbonyl (C=O) groups is 1. The van der Waals surface area contributed by atoms with Crippen molar-refractivity contribution in [2.75, 3.05) is 18.4 Å². The molecule has 1 aromatic carbocycles. The predicted molar refractivity (Wildman–Crippen MR) is 97.3 cm³/mol. The Bertz CT molecular complexity index is 569. The van der Waals surface area contributed by atoms with E-state index in [2.05, 4.69) is 18.0 Å². The highest BCUT2D eigenvalue weighted by Crippen LogP contribution is 2.26. The van der Waals surface area contributed by atoms with Crippen LogP contribution >= 0.6 is 0 Å². The smallest absolute Gasteiger partial charge is 0.321 e. The summed E-state index contributed by atoms with van der Waals surface area (Å²) in [5, 5.41) is 3.09. The number of likely N-dealkylation sites (tertiary alicyclic amines) is 1. The molecule has 24 heavy (non-hydrogen) atoms. The lowest BCUT2D eigenvalue weighted by atomic mass is 9.95. The Morgan fingerprint density at radius 3 is 2.79 bits per heavy atom. The van der Waals surface area contributed by atoms with E-state index in [9.17, 15) is 4.79 Å². The summed E-state index contributed by atoms with van der Waals surface area (Å²) in [5.41, 5.74) is 2.07. The Balaban J connectivity index is 1.56. The molecule has 0 spiro atoms. The second-order valence-electron chi connectivity index (χ2n) is 6.81. The molecule has 3 rings (SSSR count). The van der Waals surface area contributed by atoms with Gasteiger partial charge in [0.05, 0.1) is 12.2 Å². The van der Waals surface area contributed by atoms with Gasteiger partial charge in [0.1, 0.15) is 0 Å². The lowest BCUT2D eigenvalue weighted by molar-refractivity contribution is -0.0714. The number of hydrogen-bond acceptors (Lipinski definition) is 2. The number of benzene rings is 1. The van der Waals surface area contributed by atoms with Crippen LogP contribution in [0.1, 0.15) is 44.1 Å². The van der Waals surface area contributed by atoms with E-state index in [4.69, 9.17) is 4.74 Å². The molecule has 4 heteroatoms. The Kier molecular flexibility index (Phi) is 5.91. The third-order valence-corrected chi connectivity index (χ3v) is 4.98. The van der Waals surface area contributed by atoms with Crippen molar-refractivity contribution in [3.05, 3.63) is 42.5 Å². The Morgan fingerprint density at radius 1 is 1.25 bits per heavy atom. The van der Waals surface area contributed by atoms with Gasteiger partial charge in [-0.1, -0.05) is 24.3 Å². The van der Waals surface area contributed by atoms with Gasteiger partial charge in [-0.3, -0.25) is 0 Å². The number of anilines is 1. The molecule has 1 unspecified atom stereocenters. The van der Waals surface area contributed by atoms with E-state index in [0.29, 0.717) is 12.6 Å². The number of carbonyl (C=O) groups excluding carboxylic acids is 1. The molecular formula is C20H28N2O2. The van der Waals surface area contributed by atoms with Crippen LogP contribution in [0.3, 0.4) is 0 Å². The first-order valence-corrected chi connectivity index (χ1v) is 9.16. The zero-order valence-electron chi connectivity index (χ0n) is 14.4. The molecule has 0 bridgehead atoms. The summed E-state index contributed by atoms with van der Waals surface area (Å²) >= 11 is 0. The minimum absolute atomic E-state index is 0.0111. The van der Waals surface area contributed by atoms with Gasteiger partial charge in [-0.15, -0.1) is 6.58 Å². The summed E-state index contributed by atoms with van der Waals surface area (Å²) in [6.07, 6.45) is 10.1. The van der Waals surface area contributed by atoms with Crippen molar-refractivity contribution in [1.29, 1.82) is 0 Å². The molecule has 2 fully saturated rings. The van der Waals surface area contributed by atoms with Crippen LogP contribution in [0.15, 0.2) is 36.9 Å². The second kappa shape index (κ2) is 8.34. The number of ether oxygens (including phenoxy) is 1. The molecule has 1 aromatic rings. The Morgan fingerprint density at radius 2 is 2.04 bits per heavy atom. The predicted octanol–water partition coefficient (Wildman–Crippen LogP) is 4.37. The number of allylic oxidation sites excluding steroid dienone is 1. The van der Waals surface area contributed by atoms with Gasteiger partial charge in [-0.2, -0.15) is 0 Å². The van der Waals surface area contributed by atoms with E-state index >= 15 is 0 Å². The van der Waals surface area contributed by atoms with Crippen LogP contribution in [0.25, 0.3) is 0 Å². The van der Waals surface area contributed by atoms with Crippen molar-refractivity contribution in [3.8, 4) is 0 Å². The molecule has 1 heterocycles. The van der Waals surface area contributed by atoms with Gasteiger partial charge in [0.25, 0.3) is 0 Å². The summed E-state index contributed by atoms with van der Waals surface area (Å²) in [5.74, 6) is 0. The van der Waals surface area contributed by atoms with Crippen molar-refractivity contribution in [2.45, 2.75) is 57.2 Å². The summed E-state index contributed by atoms with van der Waals surface area (Å²) in [4.78, 5) is 14.5. The quantitative estimate of drug-likeness (QED) is 0.788. The van der Waals surface area contributed by atoms with Crippen LogP contribution < -0.4 is 5.32 Å². The zero-order valence-corrected chi connectivity index (χ0v) is 14.4. The van der Waals surface area contributed by atoms with E-state index < -0.39 is 0 Å². The molecule has 4 nitrogen and oxygen atoms in total. The number of rotatable bonds is 6. The molecule has 1 aliphatic heterocycles. The second-order valence-corrected chi connectivity index (χ2v) is 6.81. The molecule has 0 radical (unpaired) electrons. The van der Waals surface area contributed by atoms with E-state index in [1.54, 1.807) is 0 Å². The van der Waals surface area contributed by atoms with Crippen LogP contribution in [-0.2, 0) is 11.2 Å². The lowest BCUT2D eigenvalue weighted by Gasteiger charge is -2.37. The lowest BCUT2D eigenvalue weighted by Crippen LogP contribution is -2.46. The average Bonchev–Trinajstić information content (AvgIpc) is 2.57. The molecular weight excluding hydrogens is 300 g/mol. The van der Waals surface area contributed by atoms with Crippen molar-refractivity contribution in [2.24, 2.45) is 0 Å². The number of para-hydroxylation sites is 1. The first-order valence-electron chi connectivity index (χ1n) is 9.16. The normalized spacial score (nSPS) is 21.2. The molecule has 1 N–H and O–H groups in total. The van der Waals surface area contributed by atoms with Gasteiger partial charge in [0.2, 0.25) is 0 Å². The zero-order chi connectivity index (χ0) is 16.8. The van der Waals surface area contributed by atoms with Crippen LogP contribution in [0.4, 0.5) is 10.5 Å². The van der Waals surface area contributed by atoms with E-state index in [0.717, 1.165) is 43.5 Å². The fourth-order valence-corrected chi connectivity index (χ4v) is 3.32. The largest absolute Gasteiger partial charge is 0.373 e. The highest BCUT2D eigenvalue weighted by Gasteiger charge is 2.28. The first-order chi connectivity index (χ1) is 11.8. The molecule has 1 aliphatic carbocycles. The molecule has 1 saturated heterocycles. The number of aryl methyl sites for hydroxylation is 1. The highest BCUT2D eigenvalue weighted by atomic mass is 16.5. The number of amides is 2. The van der Waals surface area contributed by atoms with Gasteiger partial charge in [0.15, 0.2) is 0 Å². The molecule has 2 amide bonds. The molecule has 1 atom stereocenters. The van der Waals surface area contributed by atoms with Crippen LogP contribution in [-0.4, -0.2) is 36.2 Å². The number of nitrogens with one attached hydrogen (secondary N) is 1. The van der Waals surface area contributed by atoms with E-state index in [1.807, 2.05) is 29.2 Å². The minimum Gasteiger partial charge on any atom is -0.373 e. The topological polar surface area (TPSA) is 41.6 Å². The van der Waals surface area contributed by atoms with Gasteiger partial charge in [-0.05, 0) is 56.6 Å². The van der Waals surface area contributed by atoms with Gasteiger partial charge >= 0.3 is 6.03 Å². The van der Waals surface area contributed by atoms with Crippen molar-refractivity contribution >= 4 is 11.7 Å². The van der Waals surface area contributed by atoms with E-state index in [1.165, 1.54) is 19.3 Å². The third kappa shape index (κ3) is 4.38. The number of hydrogen-bond donors (Lipinski definition) is 1. The van der Waals surface area contributed by atoms with Gasteiger partial charge in [-0.25, -0.2) is 4.79 Å². The third-order valence-electron chi connectivity index (χ3n) is 4.98. The number of piperidine rings is 1. The molecule has 0 aromatic heterocycles. The standard InChI is InChI=1S/C20H28N2O2/c1-2-3-8-16-9-4-5-13-19(16)21-20(23)22-14-7-12-18(15-22)24-17-10-6-11-17/h2,4-5,9,13,17-18H,1,3,6-8,10-12,14-15H2,(H,21,23). The minimum atomic E-state index is -0.0111. The van der Waals surface area contributed by atoms with Crippen molar-refractivity contribution in [1.82, 2.24) is 4.90 Å². The molecule has 130 valence electrons. The highest BCUT2D eigenvalue weighted by molar-refractivity contribution is 5.90. The monoisotopic (exact) mass is 328 g/mol. The van der Waals surface area contributed by atoms with Crippen molar-refractivity contribution in [3.63, 3.8) is 0 Å². The molecule has 1 saturated carbocycles. The summed E-state index contributed by atoms with van der Waals surface area (Å²) in [6, 6.07) is 8.01. The summed E-state index contributed by atoms with van der Waals surface area (Å²) < 4.78 is 6.10. The summed E-state index contributed by atoms with van der Waals surface area (Å²) in [6.45, 7) is 5.29. The van der Waals surface area contributed by atoms with E-state index in [-0.39, 0.29) is 12.1 Å². The first kappa shape index (κ1) is 17.0. The summed E-state index contributed by atoms with van der Waals surface area (Å²) in [7, 11) is 0. The maximum Gasteiger partial charge on any atom is 0.321 e. The SMILES string of the molecule is C=CCCc1ccccc1NC(=O)N1CCCC(OC2CCC2)C1. The maximum absolute atomic E-state index is 12.6.